The van der Waals surface area contributed by atoms with Crippen molar-refractivity contribution in [2.24, 2.45) is 0 Å². The van der Waals surface area contributed by atoms with E-state index >= 15 is 0 Å². The van der Waals surface area contributed by atoms with Gasteiger partial charge in [0, 0.05) is 37.7 Å². The van der Waals surface area contributed by atoms with Crippen molar-refractivity contribution in [3.63, 3.8) is 0 Å². The molecule has 0 radical (unpaired) electrons. The number of nitrogens with one attached hydrogen (secondary N) is 1. The Bertz CT molecular complexity index is 994. The quantitative estimate of drug-likeness (QED) is 0.700. The molecule has 1 amide bonds. The molecule has 0 bridgehead atoms. The normalized spacial score (nSPS) is 16.6. The first-order valence-electron chi connectivity index (χ1n) is 10.4. The lowest BCUT2D eigenvalue weighted by Crippen LogP contribution is -2.38. The Morgan fingerprint density at radius 2 is 1.60 bits per heavy atom. The molecule has 0 aliphatic carbocycles. The zero-order valence-corrected chi connectivity index (χ0v) is 17.6. The van der Waals surface area contributed by atoms with Gasteiger partial charge in [-0.2, -0.15) is 0 Å². The van der Waals surface area contributed by atoms with E-state index < -0.39 is 0 Å². The third-order valence-corrected chi connectivity index (χ3v) is 6.04. The Balaban J connectivity index is 0.00000218. The predicted molar refractivity (Wildman–Crippen MR) is 119 cm³/mol. The molecular formula is C23H26ClN5O. The minimum Gasteiger partial charge on any atom is -0.339 e. The Morgan fingerprint density at radius 1 is 0.900 bits per heavy atom. The molecule has 0 saturated carbocycles. The Morgan fingerprint density at radius 3 is 2.33 bits per heavy atom. The minimum atomic E-state index is 0. The number of benzene rings is 2. The molecule has 1 saturated heterocycles. The fourth-order valence-electron chi connectivity index (χ4n) is 4.38. The molecule has 30 heavy (non-hydrogen) atoms. The molecule has 2 aromatic carbocycles. The monoisotopic (exact) mass is 423 g/mol. The molecule has 0 unspecified atom stereocenters. The number of halogens is 1. The fourth-order valence-corrected chi connectivity index (χ4v) is 4.38. The van der Waals surface area contributed by atoms with Crippen molar-refractivity contribution in [3.05, 3.63) is 71.8 Å². The van der Waals surface area contributed by atoms with Crippen LogP contribution >= 0.6 is 12.4 Å². The van der Waals surface area contributed by atoms with E-state index in [2.05, 4.69) is 32.2 Å². The highest BCUT2D eigenvalue weighted by molar-refractivity contribution is 5.94. The number of piperidine rings is 1. The van der Waals surface area contributed by atoms with E-state index in [1.54, 1.807) is 0 Å². The van der Waals surface area contributed by atoms with Gasteiger partial charge >= 0.3 is 0 Å². The molecule has 0 spiro atoms. The van der Waals surface area contributed by atoms with Gasteiger partial charge in [-0.1, -0.05) is 42.5 Å². The van der Waals surface area contributed by atoms with Gasteiger partial charge in [-0.3, -0.25) is 4.79 Å². The summed E-state index contributed by atoms with van der Waals surface area (Å²) in [5.41, 5.74) is 3.06. The van der Waals surface area contributed by atoms with E-state index in [0.717, 1.165) is 68.3 Å². The number of fused-ring (bicyclic) bond motifs is 1. The van der Waals surface area contributed by atoms with Crippen LogP contribution in [0.25, 0.3) is 11.1 Å². The van der Waals surface area contributed by atoms with Gasteiger partial charge in [0.25, 0.3) is 5.91 Å². The molecular weight excluding hydrogens is 398 g/mol. The average Bonchev–Trinajstić information content (AvgIpc) is 3.24. The lowest BCUT2D eigenvalue weighted by molar-refractivity contribution is 0.0710. The number of aromatic nitrogens is 3. The van der Waals surface area contributed by atoms with E-state index in [1.165, 1.54) is 5.56 Å². The Labute approximate surface area is 182 Å². The third-order valence-electron chi connectivity index (χ3n) is 6.04. The van der Waals surface area contributed by atoms with Gasteiger partial charge in [0.1, 0.15) is 11.6 Å². The molecule has 3 aromatic rings. The molecule has 7 heteroatoms. The van der Waals surface area contributed by atoms with Crippen LogP contribution in [0.5, 0.6) is 0 Å². The van der Waals surface area contributed by atoms with Gasteiger partial charge in [-0.25, -0.2) is 0 Å². The van der Waals surface area contributed by atoms with Crippen molar-refractivity contribution in [1.82, 2.24) is 25.0 Å². The average molecular weight is 424 g/mol. The predicted octanol–water partition coefficient (Wildman–Crippen LogP) is 3.49. The number of carbonyl (C=O) groups is 1. The number of hydrogen-bond donors (Lipinski definition) is 1. The number of hydrogen-bond acceptors (Lipinski definition) is 4. The van der Waals surface area contributed by atoms with Crippen LogP contribution in [0.1, 0.15) is 40.8 Å². The standard InChI is InChI=1S/C23H25N5O.ClH/c29-23(20-8-6-18(7-9-20)17-4-2-1-3-5-17)27-13-10-19(11-14-27)22-26-25-21-16-24-12-15-28(21)22;/h1-9,19,24H,10-16H2;1H. The molecule has 1 N–H and O–H groups in total. The van der Waals surface area contributed by atoms with Gasteiger partial charge in [-0.15, -0.1) is 22.6 Å². The van der Waals surface area contributed by atoms with Crippen LogP contribution < -0.4 is 5.32 Å². The van der Waals surface area contributed by atoms with Crippen LogP contribution in [0.4, 0.5) is 0 Å². The van der Waals surface area contributed by atoms with Gasteiger partial charge in [0.2, 0.25) is 0 Å². The van der Waals surface area contributed by atoms with Crippen molar-refractivity contribution in [2.75, 3.05) is 19.6 Å². The van der Waals surface area contributed by atoms with E-state index in [1.807, 2.05) is 47.4 Å². The number of amides is 1. The van der Waals surface area contributed by atoms with E-state index in [4.69, 9.17) is 0 Å². The second-order valence-corrected chi connectivity index (χ2v) is 7.81. The highest BCUT2D eigenvalue weighted by Gasteiger charge is 2.29. The number of carbonyl (C=O) groups excluding carboxylic acids is 1. The summed E-state index contributed by atoms with van der Waals surface area (Å²) < 4.78 is 2.26. The first-order valence-corrected chi connectivity index (χ1v) is 10.4. The van der Waals surface area contributed by atoms with Gasteiger partial charge in [0.15, 0.2) is 0 Å². The van der Waals surface area contributed by atoms with E-state index in [-0.39, 0.29) is 18.3 Å². The van der Waals surface area contributed by atoms with Crippen LogP contribution in [-0.4, -0.2) is 45.2 Å². The molecule has 6 nitrogen and oxygen atoms in total. The summed E-state index contributed by atoms with van der Waals surface area (Å²) in [6.07, 6.45) is 1.89. The van der Waals surface area contributed by atoms with Crippen molar-refractivity contribution >= 4 is 18.3 Å². The summed E-state index contributed by atoms with van der Waals surface area (Å²) in [6.45, 7) is 4.23. The zero-order valence-electron chi connectivity index (χ0n) is 16.8. The molecule has 156 valence electrons. The molecule has 1 fully saturated rings. The molecule has 2 aliphatic rings. The van der Waals surface area contributed by atoms with Crippen LogP contribution in [0.15, 0.2) is 54.6 Å². The van der Waals surface area contributed by atoms with Crippen molar-refractivity contribution in [1.29, 1.82) is 0 Å². The van der Waals surface area contributed by atoms with Crippen molar-refractivity contribution in [2.45, 2.75) is 31.8 Å². The summed E-state index contributed by atoms with van der Waals surface area (Å²) in [5.74, 6) is 2.64. The summed E-state index contributed by atoms with van der Waals surface area (Å²) in [7, 11) is 0. The van der Waals surface area contributed by atoms with E-state index in [9.17, 15) is 4.79 Å². The molecule has 5 rings (SSSR count). The maximum absolute atomic E-state index is 13.0. The lowest BCUT2D eigenvalue weighted by Gasteiger charge is -2.32. The SMILES string of the molecule is Cl.O=C(c1ccc(-c2ccccc2)cc1)N1CCC(c2nnc3n2CCNC3)CC1. The minimum absolute atomic E-state index is 0. The maximum atomic E-state index is 13.0. The van der Waals surface area contributed by atoms with Gasteiger partial charge < -0.3 is 14.8 Å². The van der Waals surface area contributed by atoms with E-state index in [0.29, 0.717) is 5.92 Å². The largest absolute Gasteiger partial charge is 0.339 e. The first kappa shape index (κ1) is 20.6. The second kappa shape index (κ2) is 8.98. The Kier molecular flexibility index (Phi) is 6.16. The molecule has 2 aliphatic heterocycles. The summed E-state index contributed by atoms with van der Waals surface area (Å²) >= 11 is 0. The highest BCUT2D eigenvalue weighted by atomic mass is 35.5. The zero-order chi connectivity index (χ0) is 19.6. The van der Waals surface area contributed by atoms with Crippen molar-refractivity contribution in [3.8, 4) is 11.1 Å². The first-order chi connectivity index (χ1) is 14.3. The summed E-state index contributed by atoms with van der Waals surface area (Å²) in [6, 6.07) is 18.2. The smallest absolute Gasteiger partial charge is 0.253 e. The van der Waals surface area contributed by atoms with Crippen LogP contribution in [0.2, 0.25) is 0 Å². The molecule has 3 heterocycles. The Hall–Kier alpha value is -2.70. The number of likely N-dealkylation sites (tertiary alicyclic amines) is 1. The summed E-state index contributed by atoms with van der Waals surface area (Å²) in [5, 5.41) is 12.1. The number of rotatable bonds is 3. The topological polar surface area (TPSA) is 63.1 Å². The maximum Gasteiger partial charge on any atom is 0.253 e. The molecule has 1 aromatic heterocycles. The second-order valence-electron chi connectivity index (χ2n) is 7.81. The van der Waals surface area contributed by atoms with Gasteiger partial charge in [-0.05, 0) is 36.1 Å². The van der Waals surface area contributed by atoms with Crippen LogP contribution in [0.3, 0.4) is 0 Å². The number of nitrogens with zero attached hydrogens (tertiary/aromatic N) is 4. The van der Waals surface area contributed by atoms with Gasteiger partial charge in [0.05, 0.1) is 6.54 Å². The molecule has 0 atom stereocenters. The third kappa shape index (κ3) is 3.98. The lowest BCUT2D eigenvalue weighted by atomic mass is 9.95. The fraction of sp³-hybridized carbons (Fsp3) is 0.348. The van der Waals surface area contributed by atoms with Crippen LogP contribution in [0, 0.1) is 0 Å². The summed E-state index contributed by atoms with van der Waals surface area (Å²) in [4.78, 5) is 14.9. The van der Waals surface area contributed by atoms with Crippen LogP contribution in [-0.2, 0) is 13.1 Å². The highest BCUT2D eigenvalue weighted by Crippen LogP contribution is 2.29. The van der Waals surface area contributed by atoms with Crippen molar-refractivity contribution < 1.29 is 4.79 Å².